The molecule has 152 valence electrons. The van der Waals surface area contributed by atoms with Crippen LogP contribution in [0.2, 0.25) is 0 Å². The Balaban J connectivity index is 1.48. The number of nitrogens with zero attached hydrogens (tertiary/aromatic N) is 1. The van der Waals surface area contributed by atoms with E-state index in [2.05, 4.69) is 25.9 Å². The molecular weight excluding hydrogens is 369 g/mol. The number of rotatable bonds is 7. The highest BCUT2D eigenvalue weighted by atomic mass is 19.1. The van der Waals surface area contributed by atoms with E-state index in [1.807, 2.05) is 37.4 Å². The van der Waals surface area contributed by atoms with Crippen LogP contribution in [0.3, 0.4) is 0 Å². The largest absolute Gasteiger partial charge is 0.361 e. The first-order valence-electron chi connectivity index (χ1n) is 9.68. The summed E-state index contributed by atoms with van der Waals surface area (Å²) in [5, 5.41) is 10.4. The molecule has 1 heterocycles. The average molecular weight is 395 g/mol. The smallest absolute Gasteiger partial charge is 0.251 e. The maximum absolute atomic E-state index is 13.3. The van der Waals surface area contributed by atoms with E-state index in [4.69, 9.17) is 0 Å². The van der Waals surface area contributed by atoms with Crippen LogP contribution in [-0.2, 0) is 13.0 Å². The van der Waals surface area contributed by atoms with Crippen molar-refractivity contribution in [2.75, 3.05) is 20.1 Å². The van der Waals surface area contributed by atoms with Crippen molar-refractivity contribution in [1.29, 1.82) is 0 Å². The van der Waals surface area contributed by atoms with Crippen LogP contribution in [0.25, 0.3) is 10.9 Å². The Morgan fingerprint density at radius 2 is 1.90 bits per heavy atom. The van der Waals surface area contributed by atoms with Crippen LogP contribution in [0, 0.1) is 5.82 Å². The number of aromatic nitrogens is 1. The summed E-state index contributed by atoms with van der Waals surface area (Å²) < 4.78 is 13.3. The monoisotopic (exact) mass is 395 g/mol. The topological polar surface area (TPSA) is 81.3 Å². The molecule has 4 N–H and O–H groups in total. The zero-order chi connectivity index (χ0) is 20.6. The van der Waals surface area contributed by atoms with Crippen molar-refractivity contribution in [3.05, 3.63) is 71.2 Å². The van der Waals surface area contributed by atoms with Gasteiger partial charge in [0.25, 0.3) is 5.91 Å². The highest BCUT2D eigenvalue weighted by Gasteiger charge is 2.06. The molecule has 2 aromatic carbocycles. The zero-order valence-corrected chi connectivity index (χ0v) is 16.7. The maximum Gasteiger partial charge on any atom is 0.251 e. The van der Waals surface area contributed by atoms with E-state index in [1.54, 1.807) is 13.1 Å². The first-order chi connectivity index (χ1) is 14.1. The van der Waals surface area contributed by atoms with Crippen molar-refractivity contribution in [2.45, 2.75) is 19.9 Å². The van der Waals surface area contributed by atoms with Gasteiger partial charge in [-0.05, 0) is 54.8 Å². The number of carbonyl (C=O) groups is 1. The number of fused-ring (bicyclic) bond motifs is 1. The lowest BCUT2D eigenvalue weighted by molar-refractivity contribution is 0.0956. The molecule has 1 amide bonds. The predicted octanol–water partition coefficient (Wildman–Crippen LogP) is 2.96. The molecule has 0 saturated carbocycles. The number of aliphatic imine (C=N–C) groups is 1. The van der Waals surface area contributed by atoms with E-state index in [1.165, 1.54) is 12.1 Å². The van der Waals surface area contributed by atoms with E-state index >= 15 is 0 Å². The Hall–Kier alpha value is -3.35. The number of hydrogen-bond donors (Lipinski definition) is 4. The Morgan fingerprint density at radius 3 is 2.62 bits per heavy atom. The fourth-order valence-electron chi connectivity index (χ4n) is 3.12. The minimum Gasteiger partial charge on any atom is -0.361 e. The molecule has 0 aliphatic heterocycles. The summed E-state index contributed by atoms with van der Waals surface area (Å²) in [5.74, 6) is 0.390. The second-order valence-corrected chi connectivity index (χ2v) is 6.66. The van der Waals surface area contributed by atoms with Crippen LogP contribution in [0.15, 0.2) is 53.7 Å². The number of hydrogen-bond acceptors (Lipinski definition) is 2. The molecule has 1 aromatic heterocycles. The van der Waals surface area contributed by atoms with Crippen LogP contribution >= 0.6 is 0 Å². The average Bonchev–Trinajstić information content (AvgIpc) is 3.13. The third-order valence-corrected chi connectivity index (χ3v) is 4.65. The predicted molar refractivity (Wildman–Crippen MR) is 115 cm³/mol. The van der Waals surface area contributed by atoms with Gasteiger partial charge in [0.05, 0.1) is 0 Å². The normalized spacial score (nSPS) is 11.5. The molecule has 0 aliphatic rings. The number of amides is 1. The fraction of sp³-hybridized carbons (Fsp3) is 0.273. The molecule has 0 bridgehead atoms. The number of guanidine groups is 1. The molecule has 0 unspecified atom stereocenters. The molecule has 0 aliphatic carbocycles. The van der Waals surface area contributed by atoms with Gasteiger partial charge in [0.15, 0.2) is 5.96 Å². The number of aromatic amines is 1. The number of halogens is 1. The summed E-state index contributed by atoms with van der Waals surface area (Å²) in [7, 11) is 1.72. The van der Waals surface area contributed by atoms with Crippen molar-refractivity contribution in [3.8, 4) is 0 Å². The van der Waals surface area contributed by atoms with E-state index in [9.17, 15) is 9.18 Å². The molecule has 7 heteroatoms. The lowest BCUT2D eigenvalue weighted by atomic mass is 10.1. The molecule has 0 atom stereocenters. The molecule has 3 aromatic rings. The quantitative estimate of drug-likeness (QED) is 0.367. The molecule has 29 heavy (non-hydrogen) atoms. The lowest BCUT2D eigenvalue weighted by Crippen LogP contribution is -2.37. The molecule has 0 spiro atoms. The van der Waals surface area contributed by atoms with Crippen molar-refractivity contribution in [1.82, 2.24) is 20.9 Å². The fourth-order valence-corrected chi connectivity index (χ4v) is 3.12. The summed E-state index contributed by atoms with van der Waals surface area (Å²) in [6.45, 7) is 3.80. The van der Waals surface area contributed by atoms with Gasteiger partial charge in [-0.2, -0.15) is 0 Å². The second-order valence-electron chi connectivity index (χ2n) is 6.66. The Kier molecular flexibility index (Phi) is 6.84. The van der Waals surface area contributed by atoms with Gasteiger partial charge < -0.3 is 20.9 Å². The first kappa shape index (κ1) is 20.4. The summed E-state index contributed by atoms with van der Waals surface area (Å²) in [6.07, 6.45) is 2.70. The lowest BCUT2D eigenvalue weighted by Gasteiger charge is -2.12. The molecule has 0 saturated heterocycles. The number of H-pyrrole nitrogens is 1. The summed E-state index contributed by atoms with van der Waals surface area (Å²) in [5.41, 5.74) is 3.64. The van der Waals surface area contributed by atoms with Gasteiger partial charge in [0.2, 0.25) is 0 Å². The Labute approximate surface area is 169 Å². The minimum atomic E-state index is -0.243. The SMILES string of the molecule is CCNC(=O)c1ccc(CNC(=NC)NCCc2c[nH]c3cc(F)ccc23)cc1. The number of benzene rings is 2. The summed E-state index contributed by atoms with van der Waals surface area (Å²) >= 11 is 0. The minimum absolute atomic E-state index is 0.0653. The van der Waals surface area contributed by atoms with Gasteiger partial charge in [-0.15, -0.1) is 0 Å². The molecule has 6 nitrogen and oxygen atoms in total. The van der Waals surface area contributed by atoms with Crippen molar-refractivity contribution in [2.24, 2.45) is 4.99 Å². The standard InChI is InChI=1S/C22H26FN5O/c1-3-25-21(29)16-6-4-15(5-7-16)13-28-22(24-2)26-11-10-17-14-27-20-12-18(23)8-9-19(17)20/h4-9,12,14,27H,3,10-11,13H2,1-2H3,(H,25,29)(H2,24,26,28). The van der Waals surface area contributed by atoms with Crippen molar-refractivity contribution >= 4 is 22.8 Å². The molecule has 0 radical (unpaired) electrons. The van der Waals surface area contributed by atoms with Crippen LogP contribution in [-0.4, -0.2) is 37.0 Å². The van der Waals surface area contributed by atoms with E-state index in [0.717, 1.165) is 28.5 Å². The third-order valence-electron chi connectivity index (χ3n) is 4.65. The maximum atomic E-state index is 13.3. The van der Waals surface area contributed by atoms with Gasteiger partial charge in [-0.25, -0.2) is 4.39 Å². The highest BCUT2D eigenvalue weighted by Crippen LogP contribution is 2.19. The summed E-state index contributed by atoms with van der Waals surface area (Å²) in [6, 6.07) is 12.3. The number of nitrogens with one attached hydrogen (secondary N) is 4. The van der Waals surface area contributed by atoms with Crippen molar-refractivity contribution < 1.29 is 9.18 Å². The van der Waals surface area contributed by atoms with Gasteiger partial charge in [-0.1, -0.05) is 12.1 Å². The molecule has 3 rings (SSSR count). The molecular formula is C22H26FN5O. The third kappa shape index (κ3) is 5.34. The summed E-state index contributed by atoms with van der Waals surface area (Å²) in [4.78, 5) is 19.2. The molecule has 0 fully saturated rings. The van der Waals surface area contributed by atoms with Gasteiger partial charge >= 0.3 is 0 Å². The van der Waals surface area contributed by atoms with Crippen LogP contribution in [0.4, 0.5) is 4.39 Å². The van der Waals surface area contributed by atoms with Crippen LogP contribution in [0.5, 0.6) is 0 Å². The highest BCUT2D eigenvalue weighted by molar-refractivity contribution is 5.94. The van der Waals surface area contributed by atoms with E-state index < -0.39 is 0 Å². The van der Waals surface area contributed by atoms with Gasteiger partial charge in [-0.3, -0.25) is 9.79 Å². The van der Waals surface area contributed by atoms with Crippen LogP contribution in [0.1, 0.15) is 28.4 Å². The van der Waals surface area contributed by atoms with Crippen molar-refractivity contribution in [3.63, 3.8) is 0 Å². The van der Waals surface area contributed by atoms with E-state index in [0.29, 0.717) is 31.2 Å². The van der Waals surface area contributed by atoms with Gasteiger partial charge in [0.1, 0.15) is 5.82 Å². The Bertz CT molecular complexity index is 994. The van der Waals surface area contributed by atoms with E-state index in [-0.39, 0.29) is 11.7 Å². The van der Waals surface area contributed by atoms with Gasteiger partial charge in [0, 0.05) is 49.3 Å². The zero-order valence-electron chi connectivity index (χ0n) is 16.7. The first-order valence-corrected chi connectivity index (χ1v) is 9.68. The second kappa shape index (κ2) is 9.73. The Morgan fingerprint density at radius 1 is 1.10 bits per heavy atom. The van der Waals surface area contributed by atoms with Crippen LogP contribution < -0.4 is 16.0 Å². The number of carbonyl (C=O) groups excluding carboxylic acids is 1.